The van der Waals surface area contributed by atoms with Gasteiger partial charge < -0.3 is 15.0 Å². The number of methoxy groups -OCH3 is 1. The van der Waals surface area contributed by atoms with Crippen LogP contribution in [0, 0.1) is 0 Å². The van der Waals surface area contributed by atoms with Gasteiger partial charge >= 0.3 is 5.97 Å². The third-order valence-electron chi connectivity index (χ3n) is 2.18. The zero-order valence-corrected chi connectivity index (χ0v) is 10.3. The number of hydrogen-bond donors (Lipinski definition) is 1. The third kappa shape index (κ3) is 2.92. The largest absolute Gasteiger partial charge is 0.468 e. The first-order valence-electron chi connectivity index (χ1n) is 4.71. The van der Waals surface area contributed by atoms with Gasteiger partial charge in [0.1, 0.15) is 6.54 Å². The summed E-state index contributed by atoms with van der Waals surface area (Å²) in [5.41, 5.74) is 0.808. The Labute approximate surface area is 95.3 Å². The van der Waals surface area contributed by atoms with E-state index in [-0.39, 0.29) is 18.1 Å². The molecular weight excluding hydrogens is 212 g/mol. The molecular formula is C10H16N2O2S. The Morgan fingerprint density at radius 1 is 1.67 bits per heavy atom. The number of esters is 1. The lowest BCUT2D eigenvalue weighted by molar-refractivity contribution is -0.140. The van der Waals surface area contributed by atoms with Gasteiger partial charge in [-0.2, -0.15) is 0 Å². The van der Waals surface area contributed by atoms with Crippen LogP contribution in [0.25, 0.3) is 0 Å². The number of hydrogen-bond acceptors (Lipinski definition) is 3. The zero-order chi connectivity index (χ0) is 11.6. The minimum Gasteiger partial charge on any atom is -0.468 e. The lowest BCUT2D eigenvalue weighted by Crippen LogP contribution is -2.53. The molecule has 0 saturated carbocycles. The lowest BCUT2D eigenvalue weighted by Gasteiger charge is -2.37. The molecule has 0 atom stereocenters. The molecule has 1 heterocycles. The van der Waals surface area contributed by atoms with E-state index < -0.39 is 0 Å². The molecule has 0 aliphatic carbocycles. The summed E-state index contributed by atoms with van der Waals surface area (Å²) in [5, 5.41) is 3.70. The van der Waals surface area contributed by atoms with Gasteiger partial charge in [-0.25, -0.2) is 0 Å². The number of ether oxygens (including phenoxy) is 1. The molecule has 1 rings (SSSR count). The van der Waals surface area contributed by atoms with Gasteiger partial charge in [0, 0.05) is 5.70 Å². The minimum absolute atomic E-state index is 0.154. The number of rotatable bonds is 2. The lowest BCUT2D eigenvalue weighted by atomic mass is 10.0. The normalized spacial score (nSPS) is 19.3. The van der Waals surface area contributed by atoms with E-state index in [2.05, 4.69) is 10.1 Å². The minimum atomic E-state index is -0.299. The van der Waals surface area contributed by atoms with Crippen LogP contribution in [0.1, 0.15) is 20.8 Å². The molecule has 0 saturated heterocycles. The molecule has 0 aromatic carbocycles. The van der Waals surface area contributed by atoms with Crippen molar-refractivity contribution in [2.24, 2.45) is 0 Å². The molecule has 5 heteroatoms. The molecule has 0 aromatic heterocycles. The highest BCUT2D eigenvalue weighted by Gasteiger charge is 2.27. The Bertz CT molecular complexity index is 323. The van der Waals surface area contributed by atoms with E-state index >= 15 is 0 Å². The number of thiocarbonyl (C=S) groups is 1. The summed E-state index contributed by atoms with van der Waals surface area (Å²) < 4.78 is 4.61. The van der Waals surface area contributed by atoms with Crippen LogP contribution in [0.5, 0.6) is 0 Å². The topological polar surface area (TPSA) is 41.6 Å². The maximum atomic E-state index is 11.2. The summed E-state index contributed by atoms with van der Waals surface area (Å²) >= 11 is 5.19. The van der Waals surface area contributed by atoms with E-state index in [0.717, 1.165) is 5.70 Å². The van der Waals surface area contributed by atoms with Crippen molar-refractivity contribution in [3.8, 4) is 0 Å². The van der Waals surface area contributed by atoms with E-state index in [4.69, 9.17) is 12.2 Å². The fourth-order valence-electron chi connectivity index (χ4n) is 1.53. The number of carbonyl (C=O) groups excluding carboxylic acids is 1. The number of nitrogens with one attached hydrogen (secondary N) is 1. The molecule has 0 bridgehead atoms. The average molecular weight is 228 g/mol. The Balaban J connectivity index is 2.83. The van der Waals surface area contributed by atoms with Crippen LogP contribution in [0.3, 0.4) is 0 Å². The molecule has 0 aromatic rings. The Hall–Kier alpha value is -1.10. The molecule has 84 valence electrons. The van der Waals surface area contributed by atoms with Gasteiger partial charge in [0.05, 0.1) is 12.6 Å². The molecule has 15 heavy (non-hydrogen) atoms. The molecule has 1 N–H and O–H groups in total. The van der Waals surface area contributed by atoms with Crippen molar-refractivity contribution in [2.75, 3.05) is 13.7 Å². The molecule has 0 spiro atoms. The summed E-state index contributed by atoms with van der Waals surface area (Å²) in [7, 11) is 1.37. The average Bonchev–Trinajstić information content (AvgIpc) is 2.09. The van der Waals surface area contributed by atoms with Crippen LogP contribution in [0.4, 0.5) is 0 Å². The first kappa shape index (κ1) is 12.0. The van der Waals surface area contributed by atoms with Crippen LogP contribution >= 0.6 is 12.2 Å². The highest BCUT2D eigenvalue weighted by atomic mass is 32.1. The second kappa shape index (κ2) is 4.18. The van der Waals surface area contributed by atoms with Crippen molar-refractivity contribution < 1.29 is 9.53 Å². The maximum Gasteiger partial charge on any atom is 0.325 e. The maximum absolute atomic E-state index is 11.2. The van der Waals surface area contributed by atoms with Gasteiger partial charge in [0.2, 0.25) is 0 Å². The van der Waals surface area contributed by atoms with E-state index in [1.807, 2.05) is 26.8 Å². The van der Waals surface area contributed by atoms with Gasteiger partial charge in [0.15, 0.2) is 5.11 Å². The molecule has 4 nitrogen and oxygen atoms in total. The fourth-order valence-corrected chi connectivity index (χ4v) is 2.00. The van der Waals surface area contributed by atoms with Crippen molar-refractivity contribution in [3.63, 3.8) is 0 Å². The highest BCUT2D eigenvalue weighted by Crippen LogP contribution is 2.18. The molecule has 1 aliphatic heterocycles. The predicted molar refractivity (Wildman–Crippen MR) is 62.3 cm³/mol. The highest BCUT2D eigenvalue weighted by molar-refractivity contribution is 7.80. The van der Waals surface area contributed by atoms with E-state index in [9.17, 15) is 4.79 Å². The van der Waals surface area contributed by atoms with Crippen LogP contribution in [0.15, 0.2) is 11.8 Å². The van der Waals surface area contributed by atoms with Crippen LogP contribution in [0.2, 0.25) is 0 Å². The van der Waals surface area contributed by atoms with Gasteiger partial charge in [-0.1, -0.05) is 0 Å². The van der Waals surface area contributed by atoms with E-state index in [1.54, 1.807) is 4.90 Å². The van der Waals surface area contributed by atoms with Crippen molar-refractivity contribution >= 4 is 23.3 Å². The molecule has 0 radical (unpaired) electrons. The van der Waals surface area contributed by atoms with Crippen molar-refractivity contribution in [1.29, 1.82) is 0 Å². The first-order chi connectivity index (χ1) is 6.85. The second-order valence-electron chi connectivity index (χ2n) is 4.10. The predicted octanol–water partition coefficient (Wildman–Crippen LogP) is 1.03. The van der Waals surface area contributed by atoms with Gasteiger partial charge in [-0.05, 0) is 39.1 Å². The van der Waals surface area contributed by atoms with Gasteiger partial charge in [-0.15, -0.1) is 0 Å². The second-order valence-corrected chi connectivity index (χ2v) is 4.49. The van der Waals surface area contributed by atoms with Crippen LogP contribution in [-0.4, -0.2) is 35.2 Å². The van der Waals surface area contributed by atoms with Gasteiger partial charge in [0.25, 0.3) is 0 Å². The molecule has 0 unspecified atom stereocenters. The van der Waals surface area contributed by atoms with E-state index in [0.29, 0.717) is 5.11 Å². The third-order valence-corrected chi connectivity index (χ3v) is 2.51. The summed E-state index contributed by atoms with van der Waals surface area (Å²) in [4.78, 5) is 12.9. The Kier molecular flexibility index (Phi) is 3.34. The quantitative estimate of drug-likeness (QED) is 0.565. The van der Waals surface area contributed by atoms with Crippen LogP contribution < -0.4 is 5.32 Å². The summed E-state index contributed by atoms with van der Waals surface area (Å²) in [6.07, 6.45) is 2.03. The summed E-state index contributed by atoms with van der Waals surface area (Å²) in [6, 6.07) is 0. The molecule has 0 amide bonds. The summed E-state index contributed by atoms with van der Waals surface area (Å²) in [5.74, 6) is -0.299. The number of carbonyl (C=O) groups is 1. The number of allylic oxidation sites excluding steroid dienone is 1. The van der Waals surface area contributed by atoms with Gasteiger partial charge in [-0.3, -0.25) is 4.79 Å². The molecule has 0 fully saturated rings. The monoisotopic (exact) mass is 228 g/mol. The fraction of sp³-hybridized carbons (Fsp3) is 0.600. The number of nitrogens with zero attached hydrogens (tertiary/aromatic N) is 1. The van der Waals surface area contributed by atoms with Crippen molar-refractivity contribution in [1.82, 2.24) is 10.2 Å². The smallest absolute Gasteiger partial charge is 0.325 e. The van der Waals surface area contributed by atoms with E-state index in [1.165, 1.54) is 7.11 Å². The molecule has 1 aliphatic rings. The van der Waals surface area contributed by atoms with Crippen molar-refractivity contribution in [3.05, 3.63) is 11.8 Å². The summed E-state index contributed by atoms with van der Waals surface area (Å²) in [6.45, 7) is 6.13. The Morgan fingerprint density at radius 3 is 2.73 bits per heavy atom. The standard InChI is InChI=1S/C10H16N2O2S/c1-7-5-10(2,3)11-9(15)12(7)6-8(13)14-4/h5H,6H2,1-4H3,(H,11,15). The zero-order valence-electron chi connectivity index (χ0n) is 9.46. The van der Waals surface area contributed by atoms with Crippen molar-refractivity contribution in [2.45, 2.75) is 26.3 Å². The first-order valence-corrected chi connectivity index (χ1v) is 5.12. The Morgan fingerprint density at radius 2 is 2.27 bits per heavy atom. The SMILES string of the molecule is COC(=O)CN1C(=S)NC(C)(C)C=C1C. The van der Waals surface area contributed by atoms with Crippen LogP contribution in [-0.2, 0) is 9.53 Å².